The fraction of sp³-hybridized carbons (Fsp3) is 0.571. The van der Waals surface area contributed by atoms with E-state index in [4.69, 9.17) is 0 Å². The van der Waals surface area contributed by atoms with Crippen LogP contribution in [0, 0.1) is 12.8 Å². The van der Waals surface area contributed by atoms with Gasteiger partial charge in [0.2, 0.25) is 0 Å². The molecule has 5 rings (SSSR count). The number of nitrogens with zero attached hydrogens (tertiary/aromatic N) is 3. The lowest BCUT2D eigenvalue weighted by atomic mass is 9.89. The van der Waals surface area contributed by atoms with Crippen LogP contribution in [0.2, 0.25) is 0 Å². The summed E-state index contributed by atoms with van der Waals surface area (Å²) in [6, 6.07) is 6.28. The maximum Gasteiger partial charge on any atom is 0.253 e. The number of hydrogen-bond acceptors (Lipinski definition) is 3. The molecule has 3 heterocycles. The van der Waals surface area contributed by atoms with Gasteiger partial charge in [-0.05, 0) is 83.9 Å². The maximum absolute atomic E-state index is 13.3. The maximum atomic E-state index is 13.3. The molecule has 2 aliphatic rings. The molecule has 2 aliphatic carbocycles. The largest absolute Gasteiger partial charge is 0.349 e. The molecular formula is C28H39N5O2S. The molecule has 1 amide bonds. The molecule has 0 spiro atoms. The number of pyridine rings is 1. The second-order valence-electron chi connectivity index (χ2n) is 11.6. The number of imidazole rings is 1. The van der Waals surface area contributed by atoms with Crippen molar-refractivity contribution in [2.75, 3.05) is 0 Å². The Hall–Kier alpha value is -2.45. The number of aromatic nitrogens is 3. The molecule has 0 saturated heterocycles. The first-order chi connectivity index (χ1) is 17.2. The zero-order valence-electron chi connectivity index (χ0n) is 22.0. The van der Waals surface area contributed by atoms with Gasteiger partial charge in [0.05, 0.1) is 21.8 Å². The Morgan fingerprint density at radius 1 is 1.08 bits per heavy atom. The smallest absolute Gasteiger partial charge is 0.253 e. The fourth-order valence-corrected chi connectivity index (χ4v) is 6.62. The molecule has 2 fully saturated rings. The summed E-state index contributed by atoms with van der Waals surface area (Å²) in [5, 5.41) is 3.23. The van der Waals surface area contributed by atoms with Gasteiger partial charge in [0.25, 0.3) is 5.91 Å². The van der Waals surface area contributed by atoms with Gasteiger partial charge in [-0.15, -0.1) is 0 Å². The molecular weight excluding hydrogens is 470 g/mol. The lowest BCUT2D eigenvalue weighted by molar-refractivity contribution is 0.0916. The van der Waals surface area contributed by atoms with E-state index in [9.17, 15) is 9.00 Å². The van der Waals surface area contributed by atoms with Gasteiger partial charge in [0, 0.05) is 36.2 Å². The number of carbonyl (C=O) groups excluding carboxylic acids is 1. The standard InChI is InChI=1S/C28H39N5O2S/c1-19-22(27(34)30-21-11-8-12-21)17-24(33(19)18-20-9-6-5-7-10-20)23-13-14-25(26-29-15-16-32(23)26)36(35)31-28(2,3)4/h13-17,20-21,31H,5-12,18H2,1-4H3,(H,30,34). The quantitative estimate of drug-likeness (QED) is 0.448. The highest BCUT2D eigenvalue weighted by Gasteiger charge is 2.27. The molecule has 0 aromatic carbocycles. The zero-order valence-corrected chi connectivity index (χ0v) is 22.8. The summed E-state index contributed by atoms with van der Waals surface area (Å²) in [5.41, 5.74) is 4.13. The molecule has 1 unspecified atom stereocenters. The number of amides is 1. The summed E-state index contributed by atoms with van der Waals surface area (Å²) in [4.78, 5) is 18.5. The SMILES string of the molecule is Cc1c(C(=O)NC2CCC2)cc(-c2ccc(S(=O)NC(C)(C)C)c3nccn23)n1CC1CCCCC1. The summed E-state index contributed by atoms with van der Waals surface area (Å²) < 4.78 is 20.6. The summed E-state index contributed by atoms with van der Waals surface area (Å²) in [7, 11) is -1.39. The predicted molar refractivity (Wildman–Crippen MR) is 144 cm³/mol. The van der Waals surface area contributed by atoms with E-state index in [2.05, 4.69) is 26.5 Å². The minimum Gasteiger partial charge on any atom is -0.349 e. The number of fused-ring (bicyclic) bond motifs is 1. The molecule has 3 aromatic rings. The van der Waals surface area contributed by atoms with Crippen LogP contribution in [0.25, 0.3) is 17.0 Å². The summed E-state index contributed by atoms with van der Waals surface area (Å²) >= 11 is 0. The topological polar surface area (TPSA) is 80.4 Å². The Balaban J connectivity index is 1.56. The van der Waals surface area contributed by atoms with Gasteiger partial charge < -0.3 is 9.88 Å². The second kappa shape index (κ2) is 10.1. The Bertz CT molecular complexity index is 1280. The molecule has 3 aromatic heterocycles. The van der Waals surface area contributed by atoms with Crippen LogP contribution in [0.15, 0.2) is 35.5 Å². The van der Waals surface area contributed by atoms with Crippen molar-refractivity contribution in [2.24, 2.45) is 5.92 Å². The number of carbonyl (C=O) groups is 1. The molecule has 194 valence electrons. The summed E-state index contributed by atoms with van der Waals surface area (Å²) in [6.07, 6.45) is 13.3. The fourth-order valence-electron chi connectivity index (χ4n) is 5.44. The van der Waals surface area contributed by atoms with Crippen LogP contribution in [0.3, 0.4) is 0 Å². The predicted octanol–water partition coefficient (Wildman–Crippen LogP) is 5.38. The molecule has 8 heteroatoms. The highest BCUT2D eigenvalue weighted by Crippen LogP contribution is 2.33. The van der Waals surface area contributed by atoms with Gasteiger partial charge in [-0.3, -0.25) is 9.20 Å². The van der Waals surface area contributed by atoms with Crippen molar-refractivity contribution in [3.8, 4) is 11.4 Å². The molecule has 0 bridgehead atoms. The van der Waals surface area contributed by atoms with Crippen molar-refractivity contribution in [1.82, 2.24) is 24.0 Å². The van der Waals surface area contributed by atoms with Crippen LogP contribution in [0.4, 0.5) is 0 Å². The lowest BCUT2D eigenvalue weighted by Crippen LogP contribution is -2.39. The minimum atomic E-state index is -1.39. The average Bonchev–Trinajstić information content (AvgIpc) is 3.41. The van der Waals surface area contributed by atoms with Crippen LogP contribution in [-0.4, -0.2) is 35.6 Å². The molecule has 2 saturated carbocycles. The van der Waals surface area contributed by atoms with E-state index in [-0.39, 0.29) is 11.4 Å². The Kier molecular flexibility index (Phi) is 7.10. The first-order valence-corrected chi connectivity index (χ1v) is 14.5. The normalized spacial score (nSPS) is 18.3. The first kappa shape index (κ1) is 25.2. The minimum absolute atomic E-state index is 0.0230. The van der Waals surface area contributed by atoms with E-state index in [1.807, 2.05) is 49.6 Å². The van der Waals surface area contributed by atoms with Gasteiger partial charge in [0.1, 0.15) is 11.0 Å². The van der Waals surface area contributed by atoms with Gasteiger partial charge in [-0.25, -0.2) is 13.9 Å². The van der Waals surface area contributed by atoms with E-state index in [1.54, 1.807) is 6.20 Å². The van der Waals surface area contributed by atoms with Gasteiger partial charge in [0.15, 0.2) is 5.65 Å². The number of rotatable bonds is 7. The third-order valence-electron chi connectivity index (χ3n) is 7.59. The van der Waals surface area contributed by atoms with Crippen LogP contribution in [-0.2, 0) is 17.5 Å². The second-order valence-corrected chi connectivity index (χ2v) is 12.8. The first-order valence-electron chi connectivity index (χ1n) is 13.4. The van der Waals surface area contributed by atoms with Crippen molar-refractivity contribution in [2.45, 2.75) is 102 Å². The molecule has 0 aliphatic heterocycles. The average molecular weight is 510 g/mol. The van der Waals surface area contributed by atoms with Crippen molar-refractivity contribution < 1.29 is 9.00 Å². The molecule has 7 nitrogen and oxygen atoms in total. The number of nitrogens with one attached hydrogen (secondary N) is 2. The van der Waals surface area contributed by atoms with Gasteiger partial charge in [-0.2, -0.15) is 0 Å². The highest BCUT2D eigenvalue weighted by molar-refractivity contribution is 7.83. The van der Waals surface area contributed by atoms with E-state index in [1.165, 1.54) is 38.5 Å². The van der Waals surface area contributed by atoms with Crippen LogP contribution >= 0.6 is 0 Å². The van der Waals surface area contributed by atoms with E-state index >= 15 is 0 Å². The van der Waals surface area contributed by atoms with Gasteiger partial charge >= 0.3 is 0 Å². The Morgan fingerprint density at radius 3 is 2.50 bits per heavy atom. The highest BCUT2D eigenvalue weighted by atomic mass is 32.2. The van der Waals surface area contributed by atoms with Crippen LogP contribution in [0.1, 0.15) is 88.2 Å². The zero-order chi connectivity index (χ0) is 25.4. The third-order valence-corrected chi connectivity index (χ3v) is 9.11. The van der Waals surface area contributed by atoms with Crippen molar-refractivity contribution >= 4 is 22.5 Å². The summed E-state index contributed by atoms with van der Waals surface area (Å²) in [5.74, 6) is 0.641. The van der Waals surface area contributed by atoms with Crippen molar-refractivity contribution in [3.05, 3.63) is 41.9 Å². The molecule has 2 N–H and O–H groups in total. The summed E-state index contributed by atoms with van der Waals surface area (Å²) in [6.45, 7) is 8.98. The Labute approximate surface area is 216 Å². The van der Waals surface area contributed by atoms with E-state index < -0.39 is 11.0 Å². The van der Waals surface area contributed by atoms with Crippen molar-refractivity contribution in [3.63, 3.8) is 0 Å². The molecule has 1 atom stereocenters. The van der Waals surface area contributed by atoms with E-state index in [0.717, 1.165) is 42.0 Å². The van der Waals surface area contributed by atoms with Gasteiger partial charge in [-0.1, -0.05) is 19.3 Å². The van der Waals surface area contributed by atoms with E-state index in [0.29, 0.717) is 22.5 Å². The monoisotopic (exact) mass is 509 g/mol. The Morgan fingerprint density at radius 2 is 1.83 bits per heavy atom. The van der Waals surface area contributed by atoms with Crippen LogP contribution in [0.5, 0.6) is 0 Å². The number of hydrogen-bond donors (Lipinski definition) is 2. The third kappa shape index (κ3) is 5.16. The van der Waals surface area contributed by atoms with Crippen molar-refractivity contribution in [1.29, 1.82) is 0 Å². The molecule has 36 heavy (non-hydrogen) atoms. The van der Waals surface area contributed by atoms with Crippen LogP contribution < -0.4 is 10.0 Å². The lowest BCUT2D eigenvalue weighted by Gasteiger charge is -2.26. The molecule has 0 radical (unpaired) electrons.